The Labute approximate surface area is 165 Å². The fraction of sp³-hybridized carbons (Fsp3) is 0.545. The lowest BCUT2D eigenvalue weighted by Crippen LogP contribution is -2.50. The number of carbonyl (C=O) groups is 1. The Morgan fingerprint density at radius 3 is 2.81 bits per heavy atom. The standard InChI is InChI=1S/C22H28N2O2S/c1-16-8-10-19(11-9-16)26-14-21-23-18(15-27-21)13-22(25)24-12-4-6-17-5-2-3-7-20(17)24/h8-11,15,17,20H,2-7,12-14H2,1H3. The van der Waals surface area contributed by atoms with Crippen molar-refractivity contribution in [2.75, 3.05) is 6.54 Å². The third-order valence-corrected chi connectivity index (χ3v) is 6.75. The summed E-state index contributed by atoms with van der Waals surface area (Å²) in [5.41, 5.74) is 2.10. The second-order valence-electron chi connectivity index (χ2n) is 7.85. The van der Waals surface area contributed by atoms with Crippen molar-refractivity contribution < 1.29 is 9.53 Å². The van der Waals surface area contributed by atoms with Gasteiger partial charge in [0, 0.05) is 18.0 Å². The van der Waals surface area contributed by atoms with Crippen molar-refractivity contribution in [3.8, 4) is 5.75 Å². The molecule has 4 rings (SSSR count). The number of benzene rings is 1. The number of thiazole rings is 1. The van der Waals surface area contributed by atoms with Crippen molar-refractivity contribution in [3.05, 3.63) is 45.9 Å². The predicted octanol–water partition coefficient (Wildman–Crippen LogP) is 4.75. The number of hydrogen-bond donors (Lipinski definition) is 0. The minimum absolute atomic E-state index is 0.253. The molecule has 1 aliphatic heterocycles. The van der Waals surface area contributed by atoms with E-state index in [1.807, 2.05) is 29.6 Å². The van der Waals surface area contributed by atoms with Crippen LogP contribution in [0.5, 0.6) is 5.75 Å². The number of aromatic nitrogens is 1. The zero-order chi connectivity index (χ0) is 18.6. The molecule has 0 radical (unpaired) electrons. The van der Waals surface area contributed by atoms with Crippen LogP contribution in [0.15, 0.2) is 29.6 Å². The maximum atomic E-state index is 12.9. The summed E-state index contributed by atoms with van der Waals surface area (Å²) in [6, 6.07) is 8.51. The Morgan fingerprint density at radius 1 is 1.19 bits per heavy atom. The molecule has 144 valence electrons. The Bertz CT molecular complexity index is 769. The number of fused-ring (bicyclic) bond motifs is 1. The second kappa shape index (κ2) is 8.42. The van der Waals surface area contributed by atoms with Crippen molar-refractivity contribution in [3.63, 3.8) is 0 Å². The van der Waals surface area contributed by atoms with E-state index in [9.17, 15) is 4.79 Å². The van der Waals surface area contributed by atoms with Crippen molar-refractivity contribution >= 4 is 17.2 Å². The highest BCUT2D eigenvalue weighted by Crippen LogP contribution is 2.35. The van der Waals surface area contributed by atoms with Gasteiger partial charge in [0.05, 0.1) is 12.1 Å². The molecule has 27 heavy (non-hydrogen) atoms. The summed E-state index contributed by atoms with van der Waals surface area (Å²) in [6.45, 7) is 3.44. The molecule has 5 heteroatoms. The molecule has 0 spiro atoms. The molecule has 1 saturated carbocycles. The minimum atomic E-state index is 0.253. The molecule has 4 nitrogen and oxygen atoms in total. The van der Waals surface area contributed by atoms with Crippen LogP contribution in [0.3, 0.4) is 0 Å². The van der Waals surface area contributed by atoms with Gasteiger partial charge >= 0.3 is 0 Å². The van der Waals surface area contributed by atoms with E-state index in [0.717, 1.165) is 35.3 Å². The van der Waals surface area contributed by atoms with Crippen LogP contribution in [0.25, 0.3) is 0 Å². The van der Waals surface area contributed by atoms with Gasteiger partial charge < -0.3 is 9.64 Å². The molecule has 2 heterocycles. The minimum Gasteiger partial charge on any atom is -0.486 e. The first-order valence-electron chi connectivity index (χ1n) is 10.1. The maximum Gasteiger partial charge on any atom is 0.228 e. The Balaban J connectivity index is 1.33. The number of aryl methyl sites for hydroxylation is 1. The first-order valence-corrected chi connectivity index (χ1v) is 11.0. The highest BCUT2D eigenvalue weighted by molar-refractivity contribution is 7.09. The van der Waals surface area contributed by atoms with E-state index in [-0.39, 0.29) is 5.91 Å². The molecule has 1 aromatic carbocycles. The summed E-state index contributed by atoms with van der Waals surface area (Å²) in [4.78, 5) is 19.7. The first-order chi connectivity index (χ1) is 13.2. The molecule has 1 amide bonds. The van der Waals surface area contributed by atoms with Crippen LogP contribution in [0.4, 0.5) is 0 Å². The molecule has 1 aliphatic carbocycles. The number of ether oxygens (including phenoxy) is 1. The molecular weight excluding hydrogens is 356 g/mol. The van der Waals surface area contributed by atoms with Gasteiger partial charge in [0.15, 0.2) is 0 Å². The highest BCUT2D eigenvalue weighted by Gasteiger charge is 2.35. The molecule has 2 fully saturated rings. The van der Waals surface area contributed by atoms with Gasteiger partial charge in [0.1, 0.15) is 17.4 Å². The zero-order valence-electron chi connectivity index (χ0n) is 16.0. The van der Waals surface area contributed by atoms with Crippen LogP contribution < -0.4 is 4.74 Å². The lowest BCUT2D eigenvalue weighted by Gasteiger charge is -2.44. The fourth-order valence-corrected chi connectivity index (χ4v) is 5.17. The van der Waals surface area contributed by atoms with Crippen molar-refractivity contribution in [2.45, 2.75) is 64.5 Å². The van der Waals surface area contributed by atoms with Gasteiger partial charge in [-0.1, -0.05) is 30.5 Å². The van der Waals surface area contributed by atoms with E-state index in [4.69, 9.17) is 4.74 Å². The molecule has 2 aromatic rings. The zero-order valence-corrected chi connectivity index (χ0v) is 16.8. The molecule has 0 N–H and O–H groups in total. The summed E-state index contributed by atoms with van der Waals surface area (Å²) < 4.78 is 5.80. The smallest absolute Gasteiger partial charge is 0.228 e. The van der Waals surface area contributed by atoms with Crippen LogP contribution in [0.1, 0.15) is 54.8 Å². The average Bonchev–Trinajstić information content (AvgIpc) is 3.14. The topological polar surface area (TPSA) is 42.4 Å². The molecule has 2 unspecified atom stereocenters. The third kappa shape index (κ3) is 4.52. The van der Waals surface area contributed by atoms with E-state index in [0.29, 0.717) is 19.1 Å². The number of rotatable bonds is 5. The number of amides is 1. The molecular formula is C22H28N2O2S. The fourth-order valence-electron chi connectivity index (χ4n) is 4.47. The van der Waals surface area contributed by atoms with Crippen molar-refractivity contribution in [1.82, 2.24) is 9.88 Å². The Morgan fingerprint density at radius 2 is 1.96 bits per heavy atom. The monoisotopic (exact) mass is 384 g/mol. The summed E-state index contributed by atoms with van der Waals surface area (Å²) in [6.07, 6.45) is 7.95. The molecule has 2 atom stereocenters. The SMILES string of the molecule is Cc1ccc(OCc2nc(CC(=O)N3CCCC4CCCCC43)cs2)cc1. The highest BCUT2D eigenvalue weighted by atomic mass is 32.1. The molecule has 1 aromatic heterocycles. The molecule has 0 bridgehead atoms. The predicted molar refractivity (Wildman–Crippen MR) is 108 cm³/mol. The number of carbonyl (C=O) groups excluding carboxylic acids is 1. The van der Waals surface area contributed by atoms with E-state index < -0.39 is 0 Å². The van der Waals surface area contributed by atoms with E-state index in [1.54, 1.807) is 11.3 Å². The summed E-state index contributed by atoms with van der Waals surface area (Å²) >= 11 is 1.58. The van der Waals surface area contributed by atoms with Gasteiger partial charge in [0.25, 0.3) is 0 Å². The van der Waals surface area contributed by atoms with Gasteiger partial charge in [0.2, 0.25) is 5.91 Å². The van der Waals surface area contributed by atoms with Gasteiger partial charge in [-0.2, -0.15) is 0 Å². The third-order valence-electron chi connectivity index (χ3n) is 5.88. The first kappa shape index (κ1) is 18.5. The van der Waals surface area contributed by atoms with Gasteiger partial charge in [-0.25, -0.2) is 4.98 Å². The Hall–Kier alpha value is -1.88. The Kier molecular flexibility index (Phi) is 5.77. The normalized spacial score (nSPS) is 22.3. The second-order valence-corrected chi connectivity index (χ2v) is 8.79. The number of nitrogens with zero attached hydrogens (tertiary/aromatic N) is 2. The van der Waals surface area contributed by atoms with Crippen LogP contribution in [0, 0.1) is 12.8 Å². The van der Waals surface area contributed by atoms with Gasteiger partial charge in [-0.05, 0) is 50.7 Å². The van der Waals surface area contributed by atoms with Crippen LogP contribution in [-0.2, 0) is 17.8 Å². The lowest BCUT2D eigenvalue weighted by atomic mass is 9.78. The maximum absolute atomic E-state index is 12.9. The van der Waals surface area contributed by atoms with Crippen LogP contribution in [0.2, 0.25) is 0 Å². The van der Waals surface area contributed by atoms with Gasteiger partial charge in [-0.15, -0.1) is 11.3 Å². The number of likely N-dealkylation sites (tertiary alicyclic amines) is 1. The molecule has 2 aliphatic rings. The largest absolute Gasteiger partial charge is 0.486 e. The summed E-state index contributed by atoms with van der Waals surface area (Å²) in [5.74, 6) is 1.83. The summed E-state index contributed by atoms with van der Waals surface area (Å²) in [7, 11) is 0. The quantitative estimate of drug-likeness (QED) is 0.747. The lowest BCUT2D eigenvalue weighted by molar-refractivity contribution is -0.136. The van der Waals surface area contributed by atoms with Crippen LogP contribution >= 0.6 is 11.3 Å². The van der Waals surface area contributed by atoms with Gasteiger partial charge in [-0.3, -0.25) is 4.79 Å². The molecule has 1 saturated heterocycles. The van der Waals surface area contributed by atoms with Crippen molar-refractivity contribution in [1.29, 1.82) is 0 Å². The van der Waals surface area contributed by atoms with Crippen molar-refractivity contribution in [2.24, 2.45) is 5.92 Å². The number of piperidine rings is 1. The van der Waals surface area contributed by atoms with E-state index >= 15 is 0 Å². The number of hydrogen-bond acceptors (Lipinski definition) is 4. The van der Waals surface area contributed by atoms with E-state index in [1.165, 1.54) is 37.7 Å². The van der Waals surface area contributed by atoms with Crippen LogP contribution in [-0.4, -0.2) is 28.4 Å². The van der Waals surface area contributed by atoms with E-state index in [2.05, 4.69) is 16.8 Å². The summed E-state index contributed by atoms with van der Waals surface area (Å²) in [5, 5.41) is 2.93. The average molecular weight is 385 g/mol.